The van der Waals surface area contributed by atoms with Crippen molar-refractivity contribution < 1.29 is 18.0 Å². The number of halogens is 1. The minimum atomic E-state index is -3.76. The number of hydrogen-bond donors (Lipinski definition) is 2. The summed E-state index contributed by atoms with van der Waals surface area (Å²) in [6.07, 6.45) is 0. The van der Waals surface area contributed by atoms with Crippen LogP contribution in [0.5, 0.6) is 0 Å². The summed E-state index contributed by atoms with van der Waals surface area (Å²) in [6, 6.07) is 5.60. The fraction of sp³-hybridized carbons (Fsp3) is 0.308. The molecule has 0 atom stereocenters. The van der Waals surface area contributed by atoms with Gasteiger partial charge in [-0.1, -0.05) is 11.6 Å². The maximum Gasteiger partial charge on any atom is 0.337 e. The highest BCUT2D eigenvalue weighted by Gasteiger charge is 2.24. The first-order valence-electron chi connectivity index (χ1n) is 5.97. The average molecular weight is 333 g/mol. The van der Waals surface area contributed by atoms with E-state index in [0.717, 1.165) is 5.41 Å². The van der Waals surface area contributed by atoms with Crippen LogP contribution in [-0.4, -0.2) is 14.4 Å². The molecule has 3 N–H and O–H groups in total. The Morgan fingerprint density at radius 3 is 2.29 bits per heavy atom. The van der Waals surface area contributed by atoms with Crippen LogP contribution in [0.25, 0.3) is 0 Å². The molecular weight excluding hydrogens is 316 g/mol. The molecule has 1 aromatic carbocycles. The van der Waals surface area contributed by atoms with Crippen LogP contribution in [0.15, 0.2) is 40.4 Å². The molecule has 8 heteroatoms. The minimum absolute atomic E-state index is 0.0267. The van der Waals surface area contributed by atoms with Gasteiger partial charge in [0.15, 0.2) is 0 Å². The summed E-state index contributed by atoms with van der Waals surface area (Å²) in [5, 5.41) is 1.19. The third-order valence-corrected chi connectivity index (χ3v) is 4.04. The molecule has 0 aliphatic heterocycles. The van der Waals surface area contributed by atoms with E-state index >= 15 is 0 Å². The third-order valence-electron chi connectivity index (χ3n) is 2.30. The van der Waals surface area contributed by atoms with Crippen LogP contribution in [0.4, 0.5) is 0 Å². The Morgan fingerprint density at radius 2 is 1.81 bits per heavy atom. The summed E-state index contributed by atoms with van der Waals surface area (Å²) < 4.78 is 24.0. The van der Waals surface area contributed by atoms with Gasteiger partial charge in [0.2, 0.25) is 9.84 Å². The van der Waals surface area contributed by atoms with Gasteiger partial charge in [-0.3, -0.25) is 0 Å². The van der Waals surface area contributed by atoms with Crippen LogP contribution >= 0.6 is 11.6 Å². The minimum Gasteiger partial charge on any atom is -0.383 e. The highest BCUT2D eigenvalue weighted by molar-refractivity contribution is 7.94. The van der Waals surface area contributed by atoms with Crippen LogP contribution in [0.3, 0.4) is 0 Å². The molecular formula is C13H17ClN2O4S. The van der Waals surface area contributed by atoms with E-state index in [9.17, 15) is 13.2 Å². The molecule has 0 bridgehead atoms. The van der Waals surface area contributed by atoms with Crippen molar-refractivity contribution in [3.05, 3.63) is 40.5 Å². The first-order valence-corrected chi connectivity index (χ1v) is 7.90. The van der Waals surface area contributed by atoms with Gasteiger partial charge in [0.05, 0.1) is 15.7 Å². The van der Waals surface area contributed by atoms with Crippen LogP contribution < -0.4 is 11.2 Å². The van der Waals surface area contributed by atoms with E-state index in [1.54, 1.807) is 20.8 Å². The van der Waals surface area contributed by atoms with Crippen LogP contribution in [0.2, 0.25) is 5.02 Å². The summed E-state index contributed by atoms with van der Waals surface area (Å²) in [4.78, 5) is 16.2. The molecule has 0 aliphatic carbocycles. The van der Waals surface area contributed by atoms with Crippen LogP contribution in [0.1, 0.15) is 20.8 Å². The normalized spacial score (nSPS) is 12.9. The van der Waals surface area contributed by atoms with E-state index in [1.165, 1.54) is 24.3 Å². The molecule has 21 heavy (non-hydrogen) atoms. The van der Waals surface area contributed by atoms with Crippen molar-refractivity contribution in [2.24, 2.45) is 11.1 Å². The lowest BCUT2D eigenvalue weighted by atomic mass is 9.98. The molecule has 0 aromatic heterocycles. The Hall–Kier alpha value is -1.73. The fourth-order valence-corrected chi connectivity index (χ4v) is 2.30. The molecule has 116 valence electrons. The van der Waals surface area contributed by atoms with Crippen molar-refractivity contribution >= 4 is 27.4 Å². The van der Waals surface area contributed by atoms with E-state index in [1.807, 2.05) is 0 Å². The quantitative estimate of drug-likeness (QED) is 0.818. The molecule has 1 aromatic rings. The number of sulfone groups is 1. The van der Waals surface area contributed by atoms with Gasteiger partial charge in [-0.2, -0.15) is 0 Å². The molecule has 0 heterocycles. The number of carbonyl (C=O) groups excluding carboxylic acids is 1. The second-order valence-electron chi connectivity index (χ2n) is 5.31. The monoisotopic (exact) mass is 332 g/mol. The lowest BCUT2D eigenvalue weighted by Crippen LogP contribution is -2.31. The Labute approximate surface area is 128 Å². The Kier molecular flexibility index (Phi) is 5.25. The number of carbonyl (C=O) groups is 1. The summed E-state index contributed by atoms with van der Waals surface area (Å²) in [6.45, 7) is 4.96. The number of hydroxylamine groups is 1. The standard InChI is InChI=1S/C13H17ClN2O4S/c1-13(2,3)12(17)20-16-11(15)8-21(18,19)10-6-4-9(14)5-7-10/h4-8,16H,15H2,1-3H3. The molecule has 0 saturated carbocycles. The molecule has 0 amide bonds. The molecule has 0 fully saturated rings. The maximum absolute atomic E-state index is 12.0. The lowest BCUT2D eigenvalue weighted by molar-refractivity contribution is -0.159. The van der Waals surface area contributed by atoms with Crippen molar-refractivity contribution in [1.29, 1.82) is 0 Å². The summed E-state index contributed by atoms with van der Waals surface area (Å²) >= 11 is 5.69. The second kappa shape index (κ2) is 6.36. The fourth-order valence-electron chi connectivity index (χ4n) is 1.14. The molecule has 0 saturated heterocycles. The topological polar surface area (TPSA) is 98.5 Å². The van der Waals surface area contributed by atoms with Crippen molar-refractivity contribution in [1.82, 2.24) is 5.48 Å². The second-order valence-corrected chi connectivity index (χ2v) is 7.55. The predicted molar refractivity (Wildman–Crippen MR) is 79.6 cm³/mol. The van der Waals surface area contributed by atoms with Crippen molar-refractivity contribution in [3.8, 4) is 0 Å². The van der Waals surface area contributed by atoms with Gasteiger partial charge < -0.3 is 10.6 Å². The summed E-state index contributed by atoms with van der Waals surface area (Å²) in [5.41, 5.74) is 6.86. The average Bonchev–Trinajstić information content (AvgIpc) is 2.34. The van der Waals surface area contributed by atoms with Crippen LogP contribution in [0, 0.1) is 5.41 Å². The van der Waals surface area contributed by atoms with Gasteiger partial charge in [0, 0.05) is 5.02 Å². The summed E-state index contributed by atoms with van der Waals surface area (Å²) in [5.74, 6) is -0.870. The number of nitrogens with one attached hydrogen (secondary N) is 1. The van der Waals surface area contributed by atoms with Crippen molar-refractivity contribution in [3.63, 3.8) is 0 Å². The van der Waals surface area contributed by atoms with E-state index < -0.39 is 21.2 Å². The Morgan fingerprint density at radius 1 is 1.29 bits per heavy atom. The first-order chi connectivity index (χ1) is 9.52. The Bertz CT molecular complexity index is 646. The van der Waals surface area contributed by atoms with E-state index in [2.05, 4.69) is 5.48 Å². The highest BCUT2D eigenvalue weighted by atomic mass is 35.5. The van der Waals surface area contributed by atoms with Gasteiger partial charge in [-0.25, -0.2) is 18.7 Å². The van der Waals surface area contributed by atoms with Gasteiger partial charge >= 0.3 is 5.97 Å². The van der Waals surface area contributed by atoms with Gasteiger partial charge in [-0.05, 0) is 45.0 Å². The number of nitrogens with two attached hydrogens (primary N) is 1. The number of rotatable bonds is 4. The van der Waals surface area contributed by atoms with Crippen molar-refractivity contribution in [2.45, 2.75) is 25.7 Å². The number of benzene rings is 1. The van der Waals surface area contributed by atoms with E-state index in [4.69, 9.17) is 22.2 Å². The van der Waals surface area contributed by atoms with Crippen LogP contribution in [-0.2, 0) is 19.5 Å². The molecule has 6 nitrogen and oxygen atoms in total. The zero-order chi connectivity index (χ0) is 16.3. The molecule has 0 unspecified atom stereocenters. The third kappa shape index (κ3) is 5.28. The van der Waals surface area contributed by atoms with E-state index in [-0.39, 0.29) is 10.7 Å². The molecule has 0 aliphatic rings. The maximum atomic E-state index is 12.0. The largest absolute Gasteiger partial charge is 0.383 e. The molecule has 0 spiro atoms. The molecule has 0 radical (unpaired) electrons. The summed E-state index contributed by atoms with van der Waals surface area (Å²) in [7, 11) is -3.76. The predicted octanol–water partition coefficient (Wildman–Crippen LogP) is 1.97. The Balaban J connectivity index is 2.81. The zero-order valence-corrected chi connectivity index (χ0v) is 13.5. The van der Waals surface area contributed by atoms with Gasteiger partial charge in [0.1, 0.15) is 5.82 Å². The zero-order valence-electron chi connectivity index (χ0n) is 11.9. The number of hydrogen-bond acceptors (Lipinski definition) is 6. The van der Waals surface area contributed by atoms with Crippen molar-refractivity contribution in [2.75, 3.05) is 0 Å². The van der Waals surface area contributed by atoms with Gasteiger partial charge in [0.25, 0.3) is 0 Å². The lowest BCUT2D eigenvalue weighted by Gasteiger charge is -2.16. The SMILES string of the molecule is CC(C)(C)C(=O)ONC(N)=CS(=O)(=O)c1ccc(Cl)cc1. The van der Waals surface area contributed by atoms with Gasteiger partial charge in [-0.15, -0.1) is 0 Å². The highest BCUT2D eigenvalue weighted by Crippen LogP contribution is 2.17. The molecule has 1 rings (SSSR count). The van der Waals surface area contributed by atoms with E-state index in [0.29, 0.717) is 5.02 Å². The first kappa shape index (κ1) is 17.3. The smallest absolute Gasteiger partial charge is 0.337 e.